The highest BCUT2D eigenvalue weighted by Crippen LogP contribution is 2.40. The molecule has 1 nitrogen and oxygen atoms in total. The van der Waals surface area contributed by atoms with Crippen LogP contribution < -0.4 is 5.73 Å². The van der Waals surface area contributed by atoms with Crippen LogP contribution in [0.4, 0.5) is 0 Å². The molecule has 108 valence electrons. The molecule has 2 rings (SSSR count). The topological polar surface area (TPSA) is 26.0 Å². The number of rotatable bonds is 2. The summed E-state index contributed by atoms with van der Waals surface area (Å²) in [5.74, 6) is 0.364. The maximum atomic E-state index is 6.58. The monoisotopic (exact) mass is 373 g/mol. The number of allylic oxidation sites excluding steroid dienone is 4. The minimum absolute atomic E-state index is 0.295. The van der Waals surface area contributed by atoms with E-state index in [1.807, 2.05) is 25.1 Å². The van der Waals surface area contributed by atoms with Gasteiger partial charge in [-0.05, 0) is 65.1 Å². The van der Waals surface area contributed by atoms with Crippen LogP contribution in [0, 0.1) is 5.92 Å². The van der Waals surface area contributed by atoms with Crippen molar-refractivity contribution in [3.05, 3.63) is 56.2 Å². The van der Waals surface area contributed by atoms with Crippen molar-refractivity contribution in [3.63, 3.8) is 0 Å². The SMILES string of the molecule is CCC1Cc2cc(Cl)ccc2C(Cl)C(N)=C1/C=C(\C)Br. The molecule has 0 saturated heterocycles. The normalized spacial score (nSPS) is 23.6. The third-order valence-corrected chi connectivity index (χ3v) is 4.67. The molecule has 2 atom stereocenters. The minimum atomic E-state index is -0.295. The van der Waals surface area contributed by atoms with Gasteiger partial charge in [-0.25, -0.2) is 0 Å². The molecule has 1 aliphatic carbocycles. The van der Waals surface area contributed by atoms with Gasteiger partial charge in [0.05, 0.1) is 5.38 Å². The van der Waals surface area contributed by atoms with Crippen molar-refractivity contribution >= 4 is 39.1 Å². The third kappa shape index (κ3) is 3.24. The van der Waals surface area contributed by atoms with Crippen LogP contribution in [0.5, 0.6) is 0 Å². The van der Waals surface area contributed by atoms with E-state index in [1.54, 1.807) is 0 Å². The standard InChI is InChI=1S/C16H18BrCl2N/c1-3-10-7-11-8-12(18)4-5-13(11)15(19)16(20)14(10)6-9(2)17/h4-6,8,10,15H,3,7,20H2,1-2H3/b9-6+. The smallest absolute Gasteiger partial charge is 0.0984 e. The van der Waals surface area contributed by atoms with E-state index >= 15 is 0 Å². The van der Waals surface area contributed by atoms with Crippen molar-refractivity contribution in [3.8, 4) is 0 Å². The second-order valence-electron chi connectivity index (χ2n) is 5.16. The zero-order valence-corrected chi connectivity index (χ0v) is 14.7. The largest absolute Gasteiger partial charge is 0.400 e. The number of alkyl halides is 1. The van der Waals surface area contributed by atoms with E-state index in [1.165, 1.54) is 5.56 Å². The Kier molecular flexibility index (Phi) is 5.22. The van der Waals surface area contributed by atoms with Gasteiger partial charge in [-0.2, -0.15) is 0 Å². The zero-order chi connectivity index (χ0) is 14.9. The highest BCUT2D eigenvalue weighted by atomic mass is 79.9. The van der Waals surface area contributed by atoms with Crippen molar-refractivity contribution in [2.45, 2.75) is 32.1 Å². The van der Waals surface area contributed by atoms with Crippen LogP contribution in [0.3, 0.4) is 0 Å². The van der Waals surface area contributed by atoms with E-state index < -0.39 is 0 Å². The van der Waals surface area contributed by atoms with Crippen molar-refractivity contribution in [1.29, 1.82) is 0 Å². The molecule has 0 spiro atoms. The van der Waals surface area contributed by atoms with E-state index in [0.29, 0.717) is 5.92 Å². The van der Waals surface area contributed by atoms with Crippen LogP contribution in [-0.4, -0.2) is 0 Å². The maximum absolute atomic E-state index is 6.58. The molecule has 20 heavy (non-hydrogen) atoms. The second-order valence-corrected chi connectivity index (χ2v) is 7.28. The van der Waals surface area contributed by atoms with Crippen molar-refractivity contribution in [2.24, 2.45) is 11.7 Å². The number of halogens is 3. The molecule has 0 fully saturated rings. The molecular weight excluding hydrogens is 357 g/mol. The third-order valence-electron chi connectivity index (χ3n) is 3.74. The molecule has 0 bridgehead atoms. The van der Waals surface area contributed by atoms with Gasteiger partial charge in [0.15, 0.2) is 0 Å². The summed E-state index contributed by atoms with van der Waals surface area (Å²) < 4.78 is 1.06. The van der Waals surface area contributed by atoms with Gasteiger partial charge >= 0.3 is 0 Å². The van der Waals surface area contributed by atoms with E-state index in [2.05, 4.69) is 28.9 Å². The van der Waals surface area contributed by atoms with Crippen molar-refractivity contribution in [2.75, 3.05) is 0 Å². The maximum Gasteiger partial charge on any atom is 0.0984 e. The first kappa shape index (κ1) is 15.9. The Hall–Kier alpha value is -0.440. The number of fused-ring (bicyclic) bond motifs is 1. The summed E-state index contributed by atoms with van der Waals surface area (Å²) in [4.78, 5) is 0. The summed E-state index contributed by atoms with van der Waals surface area (Å²) in [6.45, 7) is 4.18. The van der Waals surface area contributed by atoms with Crippen LogP contribution in [0.15, 0.2) is 40.0 Å². The lowest BCUT2D eigenvalue weighted by Crippen LogP contribution is -2.11. The van der Waals surface area contributed by atoms with E-state index in [0.717, 1.165) is 39.2 Å². The predicted octanol–water partition coefficient (Wildman–Crippen LogP) is 5.71. The zero-order valence-electron chi connectivity index (χ0n) is 11.6. The van der Waals surface area contributed by atoms with Gasteiger partial charge in [-0.15, -0.1) is 11.6 Å². The molecule has 2 unspecified atom stereocenters. The molecule has 0 heterocycles. The molecule has 0 saturated carbocycles. The van der Waals surface area contributed by atoms with Crippen LogP contribution in [-0.2, 0) is 6.42 Å². The molecule has 0 amide bonds. The summed E-state index contributed by atoms with van der Waals surface area (Å²) in [6, 6.07) is 5.87. The summed E-state index contributed by atoms with van der Waals surface area (Å²) in [5, 5.41) is 0.452. The van der Waals surface area contributed by atoms with Crippen LogP contribution in [0.1, 0.15) is 36.8 Å². The number of hydrogen-bond acceptors (Lipinski definition) is 1. The first-order valence-corrected chi connectivity index (χ1v) is 8.30. The fourth-order valence-electron chi connectivity index (χ4n) is 2.70. The lowest BCUT2D eigenvalue weighted by molar-refractivity contribution is 0.599. The fraction of sp³-hybridized carbons (Fsp3) is 0.375. The Morgan fingerprint density at radius 1 is 1.50 bits per heavy atom. The quantitative estimate of drug-likeness (QED) is 0.658. The molecule has 0 aromatic heterocycles. The number of nitrogens with two attached hydrogens (primary N) is 1. The minimum Gasteiger partial charge on any atom is -0.400 e. The Morgan fingerprint density at radius 3 is 2.80 bits per heavy atom. The van der Waals surface area contributed by atoms with Gasteiger partial charge in [0, 0.05) is 10.7 Å². The molecular formula is C16H18BrCl2N. The highest BCUT2D eigenvalue weighted by molar-refractivity contribution is 9.11. The summed E-state index contributed by atoms with van der Waals surface area (Å²) in [6.07, 6.45) is 4.02. The molecule has 1 aromatic rings. The lowest BCUT2D eigenvalue weighted by Gasteiger charge is -2.17. The van der Waals surface area contributed by atoms with Gasteiger partial charge in [0.2, 0.25) is 0 Å². The Bertz CT molecular complexity index is 574. The molecule has 1 aromatic carbocycles. The number of benzene rings is 1. The summed E-state index contributed by atoms with van der Waals surface area (Å²) >= 11 is 16.2. The van der Waals surface area contributed by atoms with E-state index in [4.69, 9.17) is 28.9 Å². The molecule has 0 aliphatic heterocycles. The first-order valence-electron chi connectivity index (χ1n) is 6.69. The fourth-order valence-corrected chi connectivity index (χ4v) is 3.48. The summed E-state index contributed by atoms with van der Waals surface area (Å²) in [7, 11) is 0. The second kappa shape index (κ2) is 6.55. The molecule has 1 aliphatic rings. The van der Waals surface area contributed by atoms with Gasteiger partial charge in [0.25, 0.3) is 0 Å². The lowest BCUT2D eigenvalue weighted by atomic mass is 9.90. The van der Waals surface area contributed by atoms with Crippen molar-refractivity contribution < 1.29 is 0 Å². The van der Waals surface area contributed by atoms with Gasteiger partial charge < -0.3 is 5.73 Å². The Labute approximate surface area is 139 Å². The molecule has 4 heteroatoms. The molecule has 0 radical (unpaired) electrons. The predicted molar refractivity (Wildman–Crippen MR) is 91.4 cm³/mol. The molecule has 2 N–H and O–H groups in total. The van der Waals surface area contributed by atoms with Crippen molar-refractivity contribution in [1.82, 2.24) is 0 Å². The van der Waals surface area contributed by atoms with E-state index in [9.17, 15) is 0 Å². The van der Waals surface area contributed by atoms with Gasteiger partial charge in [-0.3, -0.25) is 0 Å². The average Bonchev–Trinajstić information content (AvgIpc) is 2.48. The Balaban J connectivity index is 2.58. The van der Waals surface area contributed by atoms with Gasteiger partial charge in [-0.1, -0.05) is 40.5 Å². The van der Waals surface area contributed by atoms with Crippen LogP contribution in [0.25, 0.3) is 0 Å². The highest BCUT2D eigenvalue weighted by Gasteiger charge is 2.27. The Morgan fingerprint density at radius 2 is 2.20 bits per heavy atom. The van der Waals surface area contributed by atoms with Crippen LogP contribution >= 0.6 is 39.1 Å². The van der Waals surface area contributed by atoms with Crippen LogP contribution in [0.2, 0.25) is 5.02 Å². The number of hydrogen-bond donors (Lipinski definition) is 1. The van der Waals surface area contributed by atoms with E-state index in [-0.39, 0.29) is 5.38 Å². The van der Waals surface area contributed by atoms with Gasteiger partial charge in [0.1, 0.15) is 0 Å². The average molecular weight is 375 g/mol. The summed E-state index contributed by atoms with van der Waals surface area (Å²) in [5.41, 5.74) is 10.5. The first-order chi connectivity index (χ1) is 9.43.